The first kappa shape index (κ1) is 16.8. The summed E-state index contributed by atoms with van der Waals surface area (Å²) < 4.78 is 7.40. The first-order chi connectivity index (χ1) is 11.4. The summed E-state index contributed by atoms with van der Waals surface area (Å²) in [5.74, 6) is 1.37. The van der Waals surface area contributed by atoms with Gasteiger partial charge in [-0.1, -0.05) is 25.4 Å². The molecular formula is C18H22ClN3O2. The van der Waals surface area contributed by atoms with Gasteiger partial charge >= 0.3 is 0 Å². The van der Waals surface area contributed by atoms with Gasteiger partial charge < -0.3 is 10.1 Å². The Kier molecular flexibility index (Phi) is 4.81. The summed E-state index contributed by atoms with van der Waals surface area (Å²) >= 11 is 6.23. The Morgan fingerprint density at radius 3 is 2.92 bits per heavy atom. The lowest BCUT2D eigenvalue weighted by Crippen LogP contribution is -2.14. The van der Waals surface area contributed by atoms with E-state index in [9.17, 15) is 4.79 Å². The van der Waals surface area contributed by atoms with Crippen LogP contribution < -0.4 is 10.1 Å². The quantitative estimate of drug-likeness (QED) is 0.863. The molecule has 1 aliphatic rings. The van der Waals surface area contributed by atoms with Crippen molar-refractivity contribution in [1.82, 2.24) is 9.78 Å². The van der Waals surface area contributed by atoms with Crippen LogP contribution in [0.5, 0.6) is 5.75 Å². The van der Waals surface area contributed by atoms with Gasteiger partial charge in [0, 0.05) is 24.8 Å². The van der Waals surface area contributed by atoms with Crippen LogP contribution in [0.1, 0.15) is 31.7 Å². The van der Waals surface area contributed by atoms with Gasteiger partial charge in [0.2, 0.25) is 5.91 Å². The fraction of sp³-hybridized carbons (Fsp3) is 0.444. The zero-order chi connectivity index (χ0) is 17.3. The lowest BCUT2D eigenvalue weighted by molar-refractivity contribution is -0.117. The first-order valence-corrected chi connectivity index (χ1v) is 8.53. The Labute approximate surface area is 147 Å². The molecule has 0 unspecified atom stereocenters. The molecule has 0 bridgehead atoms. The lowest BCUT2D eigenvalue weighted by atomic mass is 10.2. The van der Waals surface area contributed by atoms with Crippen LogP contribution in [0.25, 0.3) is 0 Å². The number of hydrogen-bond acceptors (Lipinski definition) is 3. The number of rotatable bonds is 6. The summed E-state index contributed by atoms with van der Waals surface area (Å²) in [6, 6.07) is 5.35. The Balaban J connectivity index is 1.58. The molecule has 1 fully saturated rings. The molecule has 0 spiro atoms. The summed E-state index contributed by atoms with van der Waals surface area (Å²) in [6.07, 6.45) is 4.66. The fourth-order valence-electron chi connectivity index (χ4n) is 2.67. The molecule has 6 heteroatoms. The van der Waals surface area contributed by atoms with Crippen molar-refractivity contribution in [3.8, 4) is 5.75 Å². The highest BCUT2D eigenvalue weighted by Gasteiger charge is 2.44. The average molecular weight is 348 g/mol. The third-order valence-corrected chi connectivity index (χ3v) is 4.35. The number of anilines is 1. The number of halogens is 1. The van der Waals surface area contributed by atoms with Gasteiger partial charge in [0.1, 0.15) is 5.75 Å². The van der Waals surface area contributed by atoms with Crippen molar-refractivity contribution in [2.75, 3.05) is 11.9 Å². The topological polar surface area (TPSA) is 56.1 Å². The molecule has 1 aromatic heterocycles. The van der Waals surface area contributed by atoms with Gasteiger partial charge in [-0.25, -0.2) is 0 Å². The predicted molar refractivity (Wildman–Crippen MR) is 94.5 cm³/mol. The van der Waals surface area contributed by atoms with E-state index in [1.165, 1.54) is 0 Å². The van der Waals surface area contributed by atoms with Crippen LogP contribution in [0.4, 0.5) is 5.69 Å². The maximum absolute atomic E-state index is 12.4. The number of carbonyl (C=O) groups is 1. The monoisotopic (exact) mass is 347 g/mol. The number of ether oxygens (including phenoxy) is 1. The summed E-state index contributed by atoms with van der Waals surface area (Å²) in [5, 5.41) is 7.60. The number of aromatic nitrogens is 2. The van der Waals surface area contributed by atoms with Crippen LogP contribution in [0, 0.1) is 11.8 Å². The maximum atomic E-state index is 12.4. The van der Waals surface area contributed by atoms with Gasteiger partial charge in [-0.05, 0) is 42.0 Å². The molecule has 1 aliphatic carbocycles. The summed E-state index contributed by atoms with van der Waals surface area (Å²) in [6.45, 7) is 4.77. The van der Waals surface area contributed by atoms with Crippen LogP contribution in [0.2, 0.25) is 5.02 Å². The van der Waals surface area contributed by atoms with Crippen molar-refractivity contribution < 1.29 is 9.53 Å². The summed E-state index contributed by atoms with van der Waals surface area (Å²) in [4.78, 5) is 12.4. The van der Waals surface area contributed by atoms with Gasteiger partial charge in [0.05, 0.1) is 17.8 Å². The van der Waals surface area contributed by atoms with Gasteiger partial charge in [-0.2, -0.15) is 5.10 Å². The molecule has 3 rings (SSSR count). The maximum Gasteiger partial charge on any atom is 0.228 e. The number of hydrogen-bond donors (Lipinski definition) is 1. The molecule has 128 valence electrons. The molecule has 1 amide bonds. The zero-order valence-corrected chi connectivity index (χ0v) is 14.9. The van der Waals surface area contributed by atoms with Crippen molar-refractivity contribution >= 4 is 23.2 Å². The van der Waals surface area contributed by atoms with Crippen LogP contribution in [-0.4, -0.2) is 22.3 Å². The molecule has 0 aliphatic heterocycles. The van der Waals surface area contributed by atoms with E-state index in [1.807, 2.05) is 25.5 Å². The normalized spacial score (nSPS) is 19.4. The molecule has 1 heterocycles. The van der Waals surface area contributed by atoms with E-state index in [0.29, 0.717) is 29.0 Å². The van der Waals surface area contributed by atoms with E-state index in [1.54, 1.807) is 16.8 Å². The second kappa shape index (κ2) is 6.85. The molecule has 0 radical (unpaired) electrons. The van der Waals surface area contributed by atoms with E-state index in [4.69, 9.17) is 16.3 Å². The van der Waals surface area contributed by atoms with E-state index in [-0.39, 0.29) is 17.7 Å². The molecule has 2 aromatic rings. The second-order valence-corrected chi connectivity index (χ2v) is 7.14. The van der Waals surface area contributed by atoms with E-state index < -0.39 is 0 Å². The molecule has 2 atom stereocenters. The molecule has 1 saturated carbocycles. The average Bonchev–Trinajstić information content (AvgIpc) is 3.21. The second-order valence-electron chi connectivity index (χ2n) is 6.74. The van der Waals surface area contributed by atoms with Gasteiger partial charge in [0.15, 0.2) is 0 Å². The number of aryl methyl sites for hydroxylation is 1. The minimum atomic E-state index is 0.00448. The number of carbonyl (C=O) groups excluding carboxylic acids is 1. The van der Waals surface area contributed by atoms with Gasteiger partial charge in [-0.3, -0.25) is 9.48 Å². The Morgan fingerprint density at radius 2 is 2.29 bits per heavy atom. The smallest absolute Gasteiger partial charge is 0.228 e. The SMILES string of the molecule is CC(C)COc1ccc(NC(=O)[C@H]2C[C@H]2c2cnn(C)c2)cc1Cl. The number of benzene rings is 1. The summed E-state index contributed by atoms with van der Waals surface area (Å²) in [7, 11) is 1.88. The van der Waals surface area contributed by atoms with Gasteiger partial charge in [0.25, 0.3) is 0 Å². The van der Waals surface area contributed by atoms with Gasteiger partial charge in [-0.15, -0.1) is 0 Å². The van der Waals surface area contributed by atoms with Crippen LogP contribution in [0.3, 0.4) is 0 Å². The zero-order valence-electron chi connectivity index (χ0n) is 14.1. The Morgan fingerprint density at radius 1 is 1.50 bits per heavy atom. The highest BCUT2D eigenvalue weighted by Crippen LogP contribution is 2.47. The Hall–Kier alpha value is -2.01. The van der Waals surface area contributed by atoms with Crippen molar-refractivity contribution in [1.29, 1.82) is 0 Å². The van der Waals surface area contributed by atoms with Crippen molar-refractivity contribution in [2.45, 2.75) is 26.2 Å². The first-order valence-electron chi connectivity index (χ1n) is 8.16. The highest BCUT2D eigenvalue weighted by atomic mass is 35.5. The molecule has 24 heavy (non-hydrogen) atoms. The van der Waals surface area contributed by atoms with E-state index >= 15 is 0 Å². The Bertz CT molecular complexity index is 742. The summed E-state index contributed by atoms with van der Waals surface area (Å²) in [5.41, 5.74) is 1.81. The fourth-order valence-corrected chi connectivity index (χ4v) is 2.91. The molecule has 5 nitrogen and oxygen atoms in total. The third-order valence-electron chi connectivity index (χ3n) is 4.05. The van der Waals surface area contributed by atoms with Crippen molar-refractivity contribution in [3.63, 3.8) is 0 Å². The predicted octanol–water partition coefficient (Wildman–Crippen LogP) is 3.85. The van der Waals surface area contributed by atoms with Crippen molar-refractivity contribution in [3.05, 3.63) is 41.2 Å². The highest BCUT2D eigenvalue weighted by molar-refractivity contribution is 6.32. The number of amides is 1. The van der Waals surface area contributed by atoms with Crippen LogP contribution in [0.15, 0.2) is 30.6 Å². The molecule has 0 saturated heterocycles. The molecule has 1 N–H and O–H groups in total. The van der Waals surface area contributed by atoms with Crippen LogP contribution in [-0.2, 0) is 11.8 Å². The molecule has 1 aromatic carbocycles. The minimum Gasteiger partial charge on any atom is -0.492 e. The largest absolute Gasteiger partial charge is 0.492 e. The van der Waals surface area contributed by atoms with Crippen LogP contribution >= 0.6 is 11.6 Å². The lowest BCUT2D eigenvalue weighted by Gasteiger charge is -2.12. The number of nitrogens with one attached hydrogen (secondary N) is 1. The minimum absolute atomic E-state index is 0.00448. The van der Waals surface area contributed by atoms with E-state index in [2.05, 4.69) is 24.3 Å². The van der Waals surface area contributed by atoms with Crippen molar-refractivity contribution in [2.24, 2.45) is 18.9 Å². The molecular weight excluding hydrogens is 326 g/mol. The third kappa shape index (κ3) is 3.90. The standard InChI is InChI=1S/C18H22ClN3O2/c1-11(2)10-24-17-5-4-13(6-16(17)19)21-18(23)15-7-14(15)12-8-20-22(3)9-12/h4-6,8-9,11,14-15H,7,10H2,1-3H3,(H,21,23)/t14-,15-/m0/s1. The van der Waals surface area contributed by atoms with E-state index in [0.717, 1.165) is 12.0 Å². The number of nitrogens with zero attached hydrogens (tertiary/aromatic N) is 2.